The molecule has 0 saturated carbocycles. The number of rotatable bonds is 4. The number of hydrogen-bond acceptors (Lipinski definition) is 5. The van der Waals surface area contributed by atoms with E-state index in [1.807, 2.05) is 12.1 Å². The van der Waals surface area contributed by atoms with E-state index in [1.54, 1.807) is 31.2 Å². The SMILES string of the molecule is CC(Oc1ccc(Cl)cc1Cl)C(=O)C=C1NCCc2cc3c(cc21)OCO3. The summed E-state index contributed by atoms with van der Waals surface area (Å²) in [7, 11) is 0. The Balaban J connectivity index is 1.56. The second kappa shape index (κ2) is 7.33. The lowest BCUT2D eigenvalue weighted by Crippen LogP contribution is -2.27. The van der Waals surface area contributed by atoms with Gasteiger partial charge in [0.25, 0.3) is 0 Å². The minimum absolute atomic E-state index is 0.172. The van der Waals surface area contributed by atoms with E-state index in [2.05, 4.69) is 5.32 Å². The number of ketones is 1. The fourth-order valence-electron chi connectivity index (χ4n) is 3.08. The maximum atomic E-state index is 12.7. The molecule has 0 amide bonds. The summed E-state index contributed by atoms with van der Waals surface area (Å²) in [5.74, 6) is 1.68. The first-order chi connectivity index (χ1) is 13.0. The zero-order valence-corrected chi connectivity index (χ0v) is 16.1. The number of halogens is 2. The maximum absolute atomic E-state index is 12.7. The number of benzene rings is 2. The van der Waals surface area contributed by atoms with Crippen LogP contribution >= 0.6 is 23.2 Å². The van der Waals surface area contributed by atoms with E-state index < -0.39 is 6.10 Å². The molecular formula is C20H17Cl2NO4. The lowest BCUT2D eigenvalue weighted by Gasteiger charge is -2.22. The Bertz CT molecular complexity index is 942. The summed E-state index contributed by atoms with van der Waals surface area (Å²) in [6.45, 7) is 2.65. The van der Waals surface area contributed by atoms with Crippen LogP contribution in [0.3, 0.4) is 0 Å². The van der Waals surface area contributed by atoms with Crippen LogP contribution in [-0.2, 0) is 11.2 Å². The van der Waals surface area contributed by atoms with Gasteiger partial charge < -0.3 is 19.5 Å². The first-order valence-corrected chi connectivity index (χ1v) is 9.31. The van der Waals surface area contributed by atoms with Gasteiger partial charge in [-0.15, -0.1) is 0 Å². The van der Waals surface area contributed by atoms with Gasteiger partial charge >= 0.3 is 0 Å². The van der Waals surface area contributed by atoms with Crippen LogP contribution in [0.1, 0.15) is 18.1 Å². The van der Waals surface area contributed by atoms with Gasteiger partial charge in [0.2, 0.25) is 6.79 Å². The van der Waals surface area contributed by atoms with Crippen molar-refractivity contribution in [3.8, 4) is 17.2 Å². The lowest BCUT2D eigenvalue weighted by molar-refractivity contribution is -0.120. The van der Waals surface area contributed by atoms with Crippen LogP contribution in [0.15, 0.2) is 36.4 Å². The summed E-state index contributed by atoms with van der Waals surface area (Å²) in [6.07, 6.45) is 1.72. The number of carbonyl (C=O) groups excluding carboxylic acids is 1. The molecule has 2 aliphatic heterocycles. The van der Waals surface area contributed by atoms with Gasteiger partial charge in [0.1, 0.15) is 5.75 Å². The van der Waals surface area contributed by atoms with Gasteiger partial charge in [0, 0.05) is 28.9 Å². The third kappa shape index (κ3) is 3.70. The molecule has 27 heavy (non-hydrogen) atoms. The van der Waals surface area contributed by atoms with E-state index in [-0.39, 0.29) is 12.6 Å². The van der Waals surface area contributed by atoms with Crippen molar-refractivity contribution in [3.05, 3.63) is 57.6 Å². The van der Waals surface area contributed by atoms with Gasteiger partial charge in [-0.05, 0) is 49.2 Å². The van der Waals surface area contributed by atoms with Crippen molar-refractivity contribution in [2.24, 2.45) is 0 Å². The van der Waals surface area contributed by atoms with Crippen LogP contribution in [0.25, 0.3) is 5.70 Å². The molecule has 2 heterocycles. The molecule has 4 rings (SSSR count). The number of ether oxygens (including phenoxy) is 3. The minimum Gasteiger partial charge on any atom is -0.481 e. The Morgan fingerprint density at radius 2 is 2.00 bits per heavy atom. The van der Waals surface area contributed by atoms with Crippen LogP contribution in [-0.4, -0.2) is 25.2 Å². The molecule has 140 valence electrons. The van der Waals surface area contributed by atoms with E-state index in [0.29, 0.717) is 21.5 Å². The lowest BCUT2D eigenvalue weighted by atomic mass is 9.96. The molecular weight excluding hydrogens is 389 g/mol. The average molecular weight is 406 g/mol. The molecule has 5 nitrogen and oxygen atoms in total. The first kappa shape index (κ1) is 18.0. The molecule has 2 aromatic carbocycles. The molecule has 7 heteroatoms. The first-order valence-electron chi connectivity index (χ1n) is 8.55. The molecule has 1 unspecified atom stereocenters. The summed E-state index contributed by atoms with van der Waals surface area (Å²) >= 11 is 12.0. The van der Waals surface area contributed by atoms with Crippen LogP contribution in [0.4, 0.5) is 0 Å². The molecule has 2 aromatic rings. The van der Waals surface area contributed by atoms with Crippen LogP contribution < -0.4 is 19.5 Å². The largest absolute Gasteiger partial charge is 0.481 e. The van der Waals surface area contributed by atoms with E-state index in [4.69, 9.17) is 37.4 Å². The summed E-state index contributed by atoms with van der Waals surface area (Å²) in [5, 5.41) is 4.15. The number of fused-ring (bicyclic) bond motifs is 2. The molecule has 1 atom stereocenters. The monoisotopic (exact) mass is 405 g/mol. The van der Waals surface area contributed by atoms with Crippen LogP contribution in [0.5, 0.6) is 17.2 Å². The molecule has 1 N–H and O–H groups in total. The predicted molar refractivity (Wildman–Crippen MR) is 104 cm³/mol. The van der Waals surface area contributed by atoms with Gasteiger partial charge in [-0.1, -0.05) is 23.2 Å². The summed E-state index contributed by atoms with van der Waals surface area (Å²) < 4.78 is 16.6. The maximum Gasteiger partial charge on any atom is 0.231 e. The summed E-state index contributed by atoms with van der Waals surface area (Å²) in [5.41, 5.74) is 2.80. The van der Waals surface area contributed by atoms with Crippen molar-refractivity contribution in [1.29, 1.82) is 0 Å². The fraction of sp³-hybridized carbons (Fsp3) is 0.250. The van der Waals surface area contributed by atoms with Crippen LogP contribution in [0, 0.1) is 0 Å². The average Bonchev–Trinajstić information content (AvgIpc) is 3.10. The molecule has 0 spiro atoms. The zero-order chi connectivity index (χ0) is 19.0. The Kier molecular flexibility index (Phi) is 4.89. The van der Waals surface area contributed by atoms with Gasteiger partial charge in [0.15, 0.2) is 23.4 Å². The molecule has 0 radical (unpaired) electrons. The van der Waals surface area contributed by atoms with Crippen molar-refractivity contribution < 1.29 is 19.0 Å². The Hall–Kier alpha value is -2.37. The highest BCUT2D eigenvalue weighted by Crippen LogP contribution is 2.38. The zero-order valence-electron chi connectivity index (χ0n) is 14.6. The second-order valence-corrected chi connectivity index (χ2v) is 7.18. The molecule has 0 saturated heterocycles. The summed E-state index contributed by atoms with van der Waals surface area (Å²) in [6, 6.07) is 8.78. The topological polar surface area (TPSA) is 56.8 Å². The van der Waals surface area contributed by atoms with Gasteiger partial charge in [-0.3, -0.25) is 4.79 Å². The molecule has 0 aliphatic carbocycles. The molecule has 0 bridgehead atoms. The highest BCUT2D eigenvalue weighted by atomic mass is 35.5. The van der Waals surface area contributed by atoms with Crippen molar-refractivity contribution in [3.63, 3.8) is 0 Å². The third-order valence-electron chi connectivity index (χ3n) is 4.48. The van der Waals surface area contributed by atoms with Crippen molar-refractivity contribution in [2.45, 2.75) is 19.4 Å². The van der Waals surface area contributed by atoms with Crippen LogP contribution in [0.2, 0.25) is 10.0 Å². The van der Waals surface area contributed by atoms with Gasteiger partial charge in [-0.25, -0.2) is 0 Å². The van der Waals surface area contributed by atoms with E-state index in [1.165, 1.54) is 0 Å². The summed E-state index contributed by atoms with van der Waals surface area (Å²) in [4.78, 5) is 12.7. The third-order valence-corrected chi connectivity index (χ3v) is 5.01. The predicted octanol–water partition coefficient (Wildman–Crippen LogP) is 4.25. The molecule has 0 fully saturated rings. The van der Waals surface area contributed by atoms with E-state index in [0.717, 1.165) is 35.5 Å². The Morgan fingerprint density at radius 1 is 1.22 bits per heavy atom. The normalized spacial score (nSPS) is 17.2. The van der Waals surface area contributed by atoms with Crippen molar-refractivity contribution >= 4 is 34.7 Å². The van der Waals surface area contributed by atoms with Gasteiger partial charge in [-0.2, -0.15) is 0 Å². The molecule has 0 aromatic heterocycles. The number of carbonyl (C=O) groups is 1. The Labute approximate surface area is 166 Å². The Morgan fingerprint density at radius 3 is 2.78 bits per heavy atom. The van der Waals surface area contributed by atoms with E-state index >= 15 is 0 Å². The highest BCUT2D eigenvalue weighted by Gasteiger charge is 2.23. The quantitative estimate of drug-likeness (QED) is 0.770. The highest BCUT2D eigenvalue weighted by molar-refractivity contribution is 6.35. The number of hydrogen-bond donors (Lipinski definition) is 1. The standard InChI is InChI=1S/C20H17Cl2NO4/c1-11(27-18-3-2-13(21)7-15(18)22)17(24)9-16-14-8-20-19(25-10-26-20)6-12(14)4-5-23-16/h2-3,6-9,11,23H,4-5,10H2,1H3. The fourth-order valence-corrected chi connectivity index (χ4v) is 3.53. The molecule has 2 aliphatic rings. The van der Waals surface area contributed by atoms with Crippen molar-refractivity contribution in [2.75, 3.05) is 13.3 Å². The van der Waals surface area contributed by atoms with Gasteiger partial charge in [0.05, 0.1) is 5.02 Å². The number of nitrogens with one attached hydrogen (secondary N) is 1. The minimum atomic E-state index is -0.697. The van der Waals surface area contributed by atoms with Crippen molar-refractivity contribution in [1.82, 2.24) is 5.32 Å². The van der Waals surface area contributed by atoms with E-state index in [9.17, 15) is 4.79 Å². The second-order valence-electron chi connectivity index (χ2n) is 6.33. The smallest absolute Gasteiger partial charge is 0.231 e.